The molecule has 1 aliphatic rings. The molecule has 146 valence electrons. The molecule has 0 saturated carbocycles. The summed E-state index contributed by atoms with van der Waals surface area (Å²) in [4.78, 5) is 19.9. The fourth-order valence-electron chi connectivity index (χ4n) is 2.91. The van der Waals surface area contributed by atoms with Crippen LogP contribution in [0.4, 0.5) is 0 Å². The molecule has 1 fully saturated rings. The number of nitrogens with one attached hydrogen (secondary N) is 1. The number of benzene rings is 1. The smallest absolute Gasteiger partial charge is 0.263 e. The van der Waals surface area contributed by atoms with Gasteiger partial charge in [0.25, 0.3) is 5.91 Å². The molecule has 7 heteroatoms. The Morgan fingerprint density at radius 2 is 2.00 bits per heavy atom. The number of amides is 1. The monoisotopic (exact) mass is 389 g/mol. The van der Waals surface area contributed by atoms with Gasteiger partial charge < -0.3 is 14.8 Å². The lowest BCUT2D eigenvalue weighted by Gasteiger charge is -2.26. The maximum absolute atomic E-state index is 12.4. The van der Waals surface area contributed by atoms with Gasteiger partial charge in [0.15, 0.2) is 0 Å². The Hall–Kier alpha value is -1.96. The molecule has 27 heavy (non-hydrogen) atoms. The van der Waals surface area contributed by atoms with Gasteiger partial charge in [-0.2, -0.15) is 0 Å². The third-order valence-corrected chi connectivity index (χ3v) is 5.60. The molecular weight excluding hydrogens is 362 g/mol. The van der Waals surface area contributed by atoms with Crippen molar-refractivity contribution in [1.29, 1.82) is 0 Å². The van der Waals surface area contributed by atoms with E-state index in [-0.39, 0.29) is 5.91 Å². The van der Waals surface area contributed by atoms with Crippen LogP contribution in [0.15, 0.2) is 24.3 Å². The molecule has 0 aliphatic carbocycles. The van der Waals surface area contributed by atoms with E-state index in [1.165, 1.54) is 16.9 Å². The van der Waals surface area contributed by atoms with E-state index in [0.717, 1.165) is 55.7 Å². The van der Waals surface area contributed by atoms with Crippen molar-refractivity contribution in [2.24, 2.45) is 0 Å². The highest BCUT2D eigenvalue weighted by Crippen LogP contribution is 2.20. The molecule has 0 radical (unpaired) electrons. The normalized spacial score (nSPS) is 14.9. The Morgan fingerprint density at radius 1 is 1.26 bits per heavy atom. The molecule has 2 heterocycles. The van der Waals surface area contributed by atoms with E-state index < -0.39 is 0 Å². The van der Waals surface area contributed by atoms with Gasteiger partial charge in [0, 0.05) is 19.6 Å². The van der Waals surface area contributed by atoms with Gasteiger partial charge in [0.1, 0.15) is 22.2 Å². The summed E-state index contributed by atoms with van der Waals surface area (Å²) < 4.78 is 11.1. The number of morpholine rings is 1. The lowest BCUT2D eigenvalue weighted by molar-refractivity contribution is 0.0374. The molecule has 1 aromatic carbocycles. The molecule has 1 N–H and O–H groups in total. The van der Waals surface area contributed by atoms with Crippen molar-refractivity contribution in [3.05, 3.63) is 45.4 Å². The van der Waals surface area contributed by atoms with E-state index in [0.29, 0.717) is 18.0 Å². The van der Waals surface area contributed by atoms with Gasteiger partial charge in [-0.25, -0.2) is 4.98 Å². The topological polar surface area (TPSA) is 63.7 Å². The molecule has 0 spiro atoms. The first-order valence-electron chi connectivity index (χ1n) is 9.36. The van der Waals surface area contributed by atoms with E-state index in [1.54, 1.807) is 0 Å². The number of rotatable bonds is 8. The summed E-state index contributed by atoms with van der Waals surface area (Å²) >= 11 is 1.40. The molecule has 0 unspecified atom stereocenters. The zero-order valence-corrected chi connectivity index (χ0v) is 16.8. The third kappa shape index (κ3) is 6.02. The maximum Gasteiger partial charge on any atom is 0.263 e. The first-order valence-corrected chi connectivity index (χ1v) is 10.2. The number of carbonyl (C=O) groups excluding carboxylic acids is 1. The molecule has 6 nitrogen and oxygen atoms in total. The largest absolute Gasteiger partial charge is 0.486 e. The van der Waals surface area contributed by atoms with Crippen LogP contribution in [0.1, 0.15) is 32.4 Å². The molecule has 1 amide bonds. The fourth-order valence-corrected chi connectivity index (χ4v) is 3.81. The Balaban J connectivity index is 1.43. The van der Waals surface area contributed by atoms with Crippen LogP contribution in [0.3, 0.4) is 0 Å². The highest BCUT2D eigenvalue weighted by Gasteiger charge is 2.16. The van der Waals surface area contributed by atoms with Crippen molar-refractivity contribution in [3.8, 4) is 5.75 Å². The van der Waals surface area contributed by atoms with Crippen molar-refractivity contribution >= 4 is 17.2 Å². The van der Waals surface area contributed by atoms with E-state index >= 15 is 0 Å². The summed E-state index contributed by atoms with van der Waals surface area (Å²) in [5.41, 5.74) is 1.95. The summed E-state index contributed by atoms with van der Waals surface area (Å²) in [5.74, 6) is 0.760. The number of thiazole rings is 1. The van der Waals surface area contributed by atoms with Crippen LogP contribution >= 0.6 is 11.3 Å². The lowest BCUT2D eigenvalue weighted by Crippen LogP contribution is -2.38. The maximum atomic E-state index is 12.4. The number of aryl methyl sites for hydroxylation is 2. The second-order valence-corrected chi connectivity index (χ2v) is 7.77. The average Bonchev–Trinajstić information content (AvgIpc) is 3.06. The number of ether oxygens (including phenoxy) is 2. The molecule has 1 saturated heterocycles. The van der Waals surface area contributed by atoms with Crippen LogP contribution in [0.2, 0.25) is 0 Å². The summed E-state index contributed by atoms with van der Waals surface area (Å²) in [6, 6.07) is 7.91. The molecule has 3 rings (SSSR count). The zero-order chi connectivity index (χ0) is 19.1. The molecule has 0 atom stereocenters. The van der Waals surface area contributed by atoms with Crippen molar-refractivity contribution in [2.75, 3.05) is 39.4 Å². The molecule has 1 aliphatic heterocycles. The van der Waals surface area contributed by atoms with Gasteiger partial charge in [0.05, 0.1) is 18.9 Å². The Morgan fingerprint density at radius 3 is 2.74 bits per heavy atom. The number of aromatic nitrogens is 1. The second-order valence-electron chi connectivity index (χ2n) is 6.69. The molecular formula is C20H27N3O3S. The fraction of sp³-hybridized carbons (Fsp3) is 0.500. The summed E-state index contributed by atoms with van der Waals surface area (Å²) in [5, 5.41) is 3.82. The minimum absolute atomic E-state index is 0.0476. The average molecular weight is 390 g/mol. The van der Waals surface area contributed by atoms with E-state index in [1.807, 2.05) is 38.1 Å². The second kappa shape index (κ2) is 9.82. The molecule has 0 bridgehead atoms. The summed E-state index contributed by atoms with van der Waals surface area (Å²) in [6.45, 7) is 9.51. The van der Waals surface area contributed by atoms with Crippen LogP contribution in [-0.2, 0) is 11.3 Å². The number of hydrogen-bond acceptors (Lipinski definition) is 6. The van der Waals surface area contributed by atoms with Crippen LogP contribution in [0, 0.1) is 13.8 Å². The summed E-state index contributed by atoms with van der Waals surface area (Å²) in [6.07, 6.45) is 0.937. The highest BCUT2D eigenvalue weighted by molar-refractivity contribution is 7.13. The third-order valence-electron chi connectivity index (χ3n) is 4.47. The number of carbonyl (C=O) groups is 1. The highest BCUT2D eigenvalue weighted by atomic mass is 32.1. The van der Waals surface area contributed by atoms with Gasteiger partial charge in [0.2, 0.25) is 0 Å². The first kappa shape index (κ1) is 19.8. The van der Waals surface area contributed by atoms with Crippen LogP contribution < -0.4 is 10.1 Å². The molecule has 2 aromatic rings. The molecule has 1 aromatic heterocycles. The SMILES string of the molecule is Cc1ccc(OCc2nc(C)c(C(=O)NCCCN3CCOCC3)s2)cc1. The number of nitrogens with zero attached hydrogens (tertiary/aromatic N) is 2. The van der Waals surface area contributed by atoms with Crippen molar-refractivity contribution in [3.63, 3.8) is 0 Å². The van der Waals surface area contributed by atoms with Crippen LogP contribution in [0.25, 0.3) is 0 Å². The Labute approximate surface area is 164 Å². The van der Waals surface area contributed by atoms with Crippen LogP contribution in [0.5, 0.6) is 5.75 Å². The van der Waals surface area contributed by atoms with Crippen molar-refractivity contribution < 1.29 is 14.3 Å². The predicted molar refractivity (Wildman–Crippen MR) is 107 cm³/mol. The first-order chi connectivity index (χ1) is 13.1. The summed E-state index contributed by atoms with van der Waals surface area (Å²) in [7, 11) is 0. The van der Waals surface area contributed by atoms with Crippen LogP contribution in [-0.4, -0.2) is 55.2 Å². The van der Waals surface area contributed by atoms with Crippen molar-refractivity contribution in [2.45, 2.75) is 26.9 Å². The van der Waals surface area contributed by atoms with E-state index in [4.69, 9.17) is 9.47 Å². The van der Waals surface area contributed by atoms with Gasteiger partial charge in [-0.3, -0.25) is 9.69 Å². The zero-order valence-electron chi connectivity index (χ0n) is 16.0. The standard InChI is InChI=1S/C20H27N3O3S/c1-15-4-6-17(7-5-15)26-14-18-22-16(2)19(27-18)20(24)21-8-3-9-23-10-12-25-13-11-23/h4-7H,3,8-14H2,1-2H3,(H,21,24). The van der Waals surface area contributed by atoms with Gasteiger partial charge in [-0.1, -0.05) is 17.7 Å². The lowest BCUT2D eigenvalue weighted by atomic mass is 10.2. The van der Waals surface area contributed by atoms with E-state index in [9.17, 15) is 4.79 Å². The quantitative estimate of drug-likeness (QED) is 0.704. The van der Waals surface area contributed by atoms with E-state index in [2.05, 4.69) is 15.2 Å². The predicted octanol–water partition coefficient (Wildman–Crippen LogP) is 2.79. The Kier molecular flexibility index (Phi) is 7.20. The Bertz CT molecular complexity index is 739. The number of hydrogen-bond donors (Lipinski definition) is 1. The van der Waals surface area contributed by atoms with Gasteiger partial charge in [-0.15, -0.1) is 11.3 Å². The van der Waals surface area contributed by atoms with Crippen molar-refractivity contribution in [1.82, 2.24) is 15.2 Å². The van der Waals surface area contributed by atoms with Gasteiger partial charge >= 0.3 is 0 Å². The van der Waals surface area contributed by atoms with Gasteiger partial charge in [-0.05, 0) is 38.9 Å². The minimum Gasteiger partial charge on any atom is -0.486 e. The minimum atomic E-state index is -0.0476.